The topological polar surface area (TPSA) is 90.7 Å². The molecular weight excluding hydrogens is 196 g/mol. The number of aliphatic hydroxyl groups is 1. The van der Waals surface area contributed by atoms with Crippen LogP contribution in [0.1, 0.15) is 13.3 Å². The minimum atomic E-state index is -0.186. The third kappa shape index (κ3) is 6.82. The molecule has 0 radical (unpaired) electrons. The standard InChI is InChI=1S/C10H20N2O3/c1-8(6-9(11)7-13)10(12)15-5-3-4-14-2/h6,13H,3-5,7,11-12H2,1-2H3/b9-6-,10-8+. The smallest absolute Gasteiger partial charge is 0.187 e. The third-order valence-electron chi connectivity index (χ3n) is 1.72. The third-order valence-corrected chi connectivity index (χ3v) is 1.72. The summed E-state index contributed by atoms with van der Waals surface area (Å²) in [4.78, 5) is 0. The second-order valence-electron chi connectivity index (χ2n) is 3.12. The van der Waals surface area contributed by atoms with Crippen LogP contribution in [-0.4, -0.2) is 32.0 Å². The van der Waals surface area contributed by atoms with Crippen LogP contribution in [0, 0.1) is 0 Å². The van der Waals surface area contributed by atoms with Crippen LogP contribution in [0.15, 0.2) is 23.2 Å². The second-order valence-corrected chi connectivity index (χ2v) is 3.12. The maximum Gasteiger partial charge on any atom is 0.187 e. The Kier molecular flexibility index (Phi) is 7.49. The molecule has 0 heterocycles. The minimum absolute atomic E-state index is 0.186. The molecule has 0 bridgehead atoms. The number of allylic oxidation sites excluding steroid dienone is 2. The summed E-state index contributed by atoms with van der Waals surface area (Å²) in [6.45, 7) is 2.73. The van der Waals surface area contributed by atoms with E-state index in [-0.39, 0.29) is 6.61 Å². The molecule has 0 saturated heterocycles. The van der Waals surface area contributed by atoms with Gasteiger partial charge in [0.2, 0.25) is 0 Å². The fourth-order valence-electron chi connectivity index (χ4n) is 0.894. The molecule has 0 saturated carbocycles. The van der Waals surface area contributed by atoms with Crippen molar-refractivity contribution in [2.45, 2.75) is 13.3 Å². The van der Waals surface area contributed by atoms with Crippen LogP contribution in [0.25, 0.3) is 0 Å². The Morgan fingerprint density at radius 3 is 2.53 bits per heavy atom. The predicted molar refractivity (Wildman–Crippen MR) is 58.7 cm³/mol. The number of aliphatic hydroxyl groups excluding tert-OH is 1. The number of nitrogens with two attached hydrogens (primary N) is 2. The van der Waals surface area contributed by atoms with E-state index in [0.29, 0.717) is 30.4 Å². The molecule has 5 N–H and O–H groups in total. The van der Waals surface area contributed by atoms with Crippen LogP contribution in [0.3, 0.4) is 0 Å². The van der Waals surface area contributed by atoms with E-state index in [4.69, 9.17) is 26.0 Å². The summed E-state index contributed by atoms with van der Waals surface area (Å²) in [5.74, 6) is 0.322. The first kappa shape index (κ1) is 13.8. The first-order chi connectivity index (χ1) is 7.11. The van der Waals surface area contributed by atoms with Gasteiger partial charge in [0.1, 0.15) is 0 Å². The van der Waals surface area contributed by atoms with Gasteiger partial charge in [0, 0.05) is 31.4 Å². The Hall–Kier alpha value is -1.20. The fourth-order valence-corrected chi connectivity index (χ4v) is 0.894. The molecule has 0 aliphatic carbocycles. The van der Waals surface area contributed by atoms with Crippen LogP contribution in [-0.2, 0) is 9.47 Å². The zero-order valence-electron chi connectivity index (χ0n) is 9.32. The van der Waals surface area contributed by atoms with Crippen molar-refractivity contribution in [3.8, 4) is 0 Å². The van der Waals surface area contributed by atoms with Gasteiger partial charge >= 0.3 is 0 Å². The highest BCUT2D eigenvalue weighted by atomic mass is 16.5. The zero-order valence-corrected chi connectivity index (χ0v) is 9.32. The molecule has 88 valence electrons. The highest BCUT2D eigenvalue weighted by molar-refractivity contribution is 5.22. The first-order valence-corrected chi connectivity index (χ1v) is 4.76. The van der Waals surface area contributed by atoms with Crippen molar-refractivity contribution in [3.63, 3.8) is 0 Å². The molecule has 0 atom stereocenters. The van der Waals surface area contributed by atoms with Crippen LogP contribution in [0.4, 0.5) is 0 Å². The van der Waals surface area contributed by atoms with Gasteiger partial charge in [-0.2, -0.15) is 0 Å². The van der Waals surface area contributed by atoms with Crippen LogP contribution < -0.4 is 11.5 Å². The van der Waals surface area contributed by atoms with Gasteiger partial charge in [-0.1, -0.05) is 0 Å². The molecule has 0 aliphatic heterocycles. The van der Waals surface area contributed by atoms with E-state index in [2.05, 4.69) is 0 Å². The average molecular weight is 216 g/mol. The molecular formula is C10H20N2O3. The van der Waals surface area contributed by atoms with Crippen molar-refractivity contribution < 1.29 is 14.6 Å². The van der Waals surface area contributed by atoms with E-state index in [1.807, 2.05) is 0 Å². The number of rotatable bonds is 7. The van der Waals surface area contributed by atoms with Crippen molar-refractivity contribution in [1.82, 2.24) is 0 Å². The van der Waals surface area contributed by atoms with Crippen LogP contribution in [0.5, 0.6) is 0 Å². The summed E-state index contributed by atoms with van der Waals surface area (Å²) in [7, 11) is 1.63. The van der Waals surface area contributed by atoms with Crippen molar-refractivity contribution in [2.24, 2.45) is 11.5 Å². The average Bonchev–Trinajstić information content (AvgIpc) is 2.23. The SMILES string of the molecule is COCCCO/C(N)=C(C)/C=C(\N)CO. The van der Waals surface area contributed by atoms with Gasteiger partial charge in [-0.05, 0) is 13.0 Å². The van der Waals surface area contributed by atoms with Gasteiger partial charge in [-0.25, -0.2) is 0 Å². The number of methoxy groups -OCH3 is 1. The van der Waals surface area contributed by atoms with Gasteiger partial charge in [-0.15, -0.1) is 0 Å². The van der Waals surface area contributed by atoms with Crippen molar-refractivity contribution >= 4 is 0 Å². The van der Waals surface area contributed by atoms with Crippen LogP contribution >= 0.6 is 0 Å². The second kappa shape index (κ2) is 8.14. The molecule has 0 fully saturated rings. The Bertz CT molecular complexity index is 237. The quantitative estimate of drug-likeness (QED) is 0.318. The normalized spacial score (nSPS) is 13.7. The lowest BCUT2D eigenvalue weighted by Crippen LogP contribution is -2.09. The summed E-state index contributed by atoms with van der Waals surface area (Å²) in [6, 6.07) is 0. The molecule has 0 amide bonds. The summed E-state index contributed by atoms with van der Waals surface area (Å²) in [6.07, 6.45) is 2.37. The van der Waals surface area contributed by atoms with E-state index in [1.54, 1.807) is 20.1 Å². The molecule has 0 spiro atoms. The molecule has 15 heavy (non-hydrogen) atoms. The highest BCUT2D eigenvalue weighted by Gasteiger charge is 1.97. The lowest BCUT2D eigenvalue weighted by Gasteiger charge is -2.07. The molecule has 0 rings (SSSR count). The fraction of sp³-hybridized carbons (Fsp3) is 0.600. The number of hydrogen-bond donors (Lipinski definition) is 3. The van der Waals surface area contributed by atoms with Crippen molar-refractivity contribution in [1.29, 1.82) is 0 Å². The molecule has 0 aliphatic rings. The van der Waals surface area contributed by atoms with E-state index in [9.17, 15) is 0 Å². The monoisotopic (exact) mass is 216 g/mol. The van der Waals surface area contributed by atoms with E-state index < -0.39 is 0 Å². The zero-order chi connectivity index (χ0) is 11.7. The Balaban J connectivity index is 4.03. The number of ether oxygens (including phenoxy) is 2. The Morgan fingerprint density at radius 1 is 1.33 bits per heavy atom. The van der Waals surface area contributed by atoms with Gasteiger partial charge in [0.05, 0.1) is 13.2 Å². The predicted octanol–water partition coefficient (Wildman–Crippen LogP) is 0.0646. The Labute approximate surface area is 90.3 Å². The van der Waals surface area contributed by atoms with Gasteiger partial charge < -0.3 is 26.0 Å². The molecule has 5 nitrogen and oxygen atoms in total. The van der Waals surface area contributed by atoms with Crippen molar-refractivity contribution in [3.05, 3.63) is 23.2 Å². The molecule has 0 aromatic heterocycles. The van der Waals surface area contributed by atoms with Crippen molar-refractivity contribution in [2.75, 3.05) is 26.9 Å². The number of hydrogen-bond acceptors (Lipinski definition) is 5. The van der Waals surface area contributed by atoms with E-state index >= 15 is 0 Å². The van der Waals surface area contributed by atoms with Gasteiger partial charge in [-0.3, -0.25) is 0 Å². The first-order valence-electron chi connectivity index (χ1n) is 4.76. The molecule has 5 heteroatoms. The summed E-state index contributed by atoms with van der Waals surface area (Å²) < 4.78 is 10.1. The summed E-state index contributed by atoms with van der Waals surface area (Å²) >= 11 is 0. The van der Waals surface area contributed by atoms with Gasteiger partial charge in [0.25, 0.3) is 0 Å². The Morgan fingerprint density at radius 2 is 2.00 bits per heavy atom. The lowest BCUT2D eigenvalue weighted by atomic mass is 10.2. The largest absolute Gasteiger partial charge is 0.479 e. The maximum absolute atomic E-state index is 8.70. The molecule has 0 aromatic carbocycles. The lowest BCUT2D eigenvalue weighted by molar-refractivity contribution is 0.143. The van der Waals surface area contributed by atoms with E-state index in [1.165, 1.54) is 0 Å². The highest BCUT2D eigenvalue weighted by Crippen LogP contribution is 2.03. The molecule has 0 unspecified atom stereocenters. The van der Waals surface area contributed by atoms with E-state index in [0.717, 1.165) is 6.42 Å². The maximum atomic E-state index is 8.70. The van der Waals surface area contributed by atoms with Crippen LogP contribution in [0.2, 0.25) is 0 Å². The summed E-state index contributed by atoms with van der Waals surface area (Å²) in [5.41, 5.74) is 12.1. The molecule has 0 aromatic rings. The minimum Gasteiger partial charge on any atom is -0.479 e. The summed E-state index contributed by atoms with van der Waals surface area (Å²) in [5, 5.41) is 8.70. The van der Waals surface area contributed by atoms with Gasteiger partial charge in [0.15, 0.2) is 5.88 Å².